The highest BCUT2D eigenvalue weighted by molar-refractivity contribution is 7.90. The summed E-state index contributed by atoms with van der Waals surface area (Å²) in [7, 11) is -1.83. The summed E-state index contributed by atoms with van der Waals surface area (Å²) >= 11 is 0. The van der Waals surface area contributed by atoms with Crippen molar-refractivity contribution in [3.8, 4) is 0 Å². The fourth-order valence-electron chi connectivity index (χ4n) is 3.17. The van der Waals surface area contributed by atoms with Crippen LogP contribution in [-0.2, 0) is 23.4 Å². The van der Waals surface area contributed by atoms with E-state index in [2.05, 4.69) is 10.0 Å². The molecule has 2 aromatic rings. The molecule has 146 valence electrons. The largest absolute Gasteiger partial charge is 0.392 e. The van der Waals surface area contributed by atoms with Crippen molar-refractivity contribution in [1.82, 2.24) is 9.29 Å². The summed E-state index contributed by atoms with van der Waals surface area (Å²) in [4.78, 5) is 12.9. The van der Waals surface area contributed by atoms with E-state index in [-0.39, 0.29) is 16.3 Å². The number of carbonyl (C=O) groups excluding carboxylic acids is 1. The van der Waals surface area contributed by atoms with E-state index in [0.29, 0.717) is 18.4 Å². The Hall–Kier alpha value is -2.30. The van der Waals surface area contributed by atoms with Gasteiger partial charge in [-0.05, 0) is 31.9 Å². The molecule has 1 aliphatic heterocycles. The van der Waals surface area contributed by atoms with Gasteiger partial charge in [0.05, 0.1) is 11.0 Å². The van der Waals surface area contributed by atoms with Crippen LogP contribution in [0.15, 0.2) is 29.3 Å². The van der Waals surface area contributed by atoms with Gasteiger partial charge < -0.3 is 15.0 Å². The number of aryl methyl sites for hydroxylation is 1. The average molecular weight is 398 g/mol. The number of carbonyl (C=O) groups is 1. The molecule has 7 nitrogen and oxygen atoms in total. The van der Waals surface area contributed by atoms with Crippen LogP contribution in [-0.4, -0.2) is 31.9 Å². The number of amides is 1. The lowest BCUT2D eigenvalue weighted by Gasteiger charge is -2.19. The maximum atomic E-state index is 13.4. The van der Waals surface area contributed by atoms with Gasteiger partial charge in [0.2, 0.25) is 0 Å². The van der Waals surface area contributed by atoms with Crippen LogP contribution in [0.25, 0.3) is 0 Å². The molecule has 2 heterocycles. The van der Waals surface area contributed by atoms with E-state index in [1.807, 2.05) is 0 Å². The summed E-state index contributed by atoms with van der Waals surface area (Å²) < 4.78 is 51.5. The Morgan fingerprint density at radius 2 is 2.15 bits per heavy atom. The summed E-state index contributed by atoms with van der Waals surface area (Å²) in [5.74, 6) is -2.70. The monoisotopic (exact) mass is 398 g/mol. The van der Waals surface area contributed by atoms with Gasteiger partial charge in [0.15, 0.2) is 11.6 Å². The van der Waals surface area contributed by atoms with Crippen molar-refractivity contribution < 1.29 is 22.9 Å². The van der Waals surface area contributed by atoms with E-state index < -0.39 is 39.6 Å². The zero-order valence-electron chi connectivity index (χ0n) is 14.8. The van der Waals surface area contributed by atoms with Crippen LogP contribution < -0.4 is 10.0 Å². The first kappa shape index (κ1) is 19.5. The second-order valence-corrected chi connectivity index (χ2v) is 8.36. The van der Waals surface area contributed by atoms with Gasteiger partial charge in [-0.3, -0.25) is 4.79 Å². The van der Waals surface area contributed by atoms with Gasteiger partial charge in [0.25, 0.3) is 5.91 Å². The Morgan fingerprint density at radius 3 is 2.78 bits per heavy atom. The van der Waals surface area contributed by atoms with Crippen LogP contribution in [0.5, 0.6) is 0 Å². The maximum Gasteiger partial charge on any atom is 0.272 e. The lowest BCUT2D eigenvalue weighted by atomic mass is 10.0. The lowest BCUT2D eigenvalue weighted by Crippen LogP contribution is -2.40. The smallest absolute Gasteiger partial charge is 0.272 e. The van der Waals surface area contributed by atoms with Crippen LogP contribution in [0.2, 0.25) is 0 Å². The summed E-state index contributed by atoms with van der Waals surface area (Å²) in [6, 6.07) is 2.46. The molecule has 0 saturated heterocycles. The molecule has 1 aliphatic rings. The van der Waals surface area contributed by atoms with Crippen molar-refractivity contribution in [2.45, 2.75) is 36.8 Å². The standard InChI is InChI=1S/C17H20F2N4O3S/c1-9(24)14-6-4-11-15(27(20,26)22-14)8-23(2)16(11)17(25)21-10-3-5-12(18)13(19)7-10/h3,5,7-9,14,24H,4,6H2,1-2H3,(H,21,25)(H2,20,22,26)/t9?,14-,27?/m1/s1. The van der Waals surface area contributed by atoms with Crippen molar-refractivity contribution in [2.75, 3.05) is 5.32 Å². The van der Waals surface area contributed by atoms with Crippen LogP contribution in [0, 0.1) is 16.4 Å². The number of nitrogens with zero attached hydrogens (tertiary/aromatic N) is 1. The average Bonchev–Trinajstić information content (AvgIpc) is 2.85. The van der Waals surface area contributed by atoms with E-state index >= 15 is 0 Å². The molecule has 1 amide bonds. The predicted molar refractivity (Wildman–Crippen MR) is 95.8 cm³/mol. The second-order valence-electron chi connectivity index (χ2n) is 6.57. The van der Waals surface area contributed by atoms with E-state index in [0.717, 1.165) is 12.1 Å². The van der Waals surface area contributed by atoms with E-state index in [4.69, 9.17) is 4.78 Å². The van der Waals surface area contributed by atoms with Crippen LogP contribution in [0.3, 0.4) is 0 Å². The second kappa shape index (κ2) is 7.02. The molecule has 0 spiro atoms. The number of nitrogens with one attached hydrogen (secondary N) is 3. The van der Waals surface area contributed by atoms with Crippen molar-refractivity contribution in [3.05, 3.63) is 47.3 Å². The van der Waals surface area contributed by atoms with Gasteiger partial charge in [0, 0.05) is 36.6 Å². The fraction of sp³-hybridized carbons (Fsp3) is 0.353. The Kier molecular flexibility index (Phi) is 5.06. The minimum Gasteiger partial charge on any atom is -0.392 e. The molecular weight excluding hydrogens is 378 g/mol. The van der Waals surface area contributed by atoms with E-state index in [1.54, 1.807) is 14.0 Å². The molecule has 4 N–H and O–H groups in total. The third-order valence-corrected chi connectivity index (χ3v) is 6.16. The molecule has 2 unspecified atom stereocenters. The predicted octanol–water partition coefficient (Wildman–Crippen LogP) is 2.16. The normalized spacial score (nSPS) is 23.4. The molecule has 3 rings (SSSR count). The topological polar surface area (TPSA) is 107 Å². The number of fused-ring (bicyclic) bond motifs is 1. The number of anilines is 1. The number of hydrogen-bond donors (Lipinski definition) is 4. The molecule has 0 saturated carbocycles. The number of aromatic nitrogens is 1. The minimum atomic E-state index is -3.41. The van der Waals surface area contributed by atoms with Gasteiger partial charge in [-0.1, -0.05) is 0 Å². The number of halogens is 2. The Labute approximate surface area is 155 Å². The molecular formula is C17H20F2N4O3S. The number of aliphatic hydroxyl groups excluding tert-OH is 1. The first-order chi connectivity index (χ1) is 12.6. The van der Waals surface area contributed by atoms with Crippen molar-refractivity contribution >= 4 is 21.5 Å². The quantitative estimate of drug-likeness (QED) is 0.636. The van der Waals surface area contributed by atoms with Crippen LogP contribution in [0.4, 0.5) is 14.5 Å². The minimum absolute atomic E-state index is 0.0778. The molecule has 3 atom stereocenters. The third kappa shape index (κ3) is 3.73. The lowest BCUT2D eigenvalue weighted by molar-refractivity contribution is 0.101. The first-order valence-corrected chi connectivity index (χ1v) is 9.84. The Bertz CT molecular complexity index is 1000. The van der Waals surface area contributed by atoms with Crippen molar-refractivity contribution in [3.63, 3.8) is 0 Å². The summed E-state index contributed by atoms with van der Waals surface area (Å²) in [5, 5.41) is 12.3. The zero-order chi connectivity index (χ0) is 19.9. The summed E-state index contributed by atoms with van der Waals surface area (Å²) in [5.41, 5.74) is 0.699. The van der Waals surface area contributed by atoms with Crippen molar-refractivity contribution in [1.29, 1.82) is 4.78 Å². The molecule has 27 heavy (non-hydrogen) atoms. The van der Waals surface area contributed by atoms with Gasteiger partial charge in [-0.15, -0.1) is 0 Å². The van der Waals surface area contributed by atoms with Crippen LogP contribution >= 0.6 is 0 Å². The van der Waals surface area contributed by atoms with Gasteiger partial charge in [-0.2, -0.15) is 0 Å². The molecule has 1 aromatic carbocycles. The number of rotatable bonds is 3. The number of benzene rings is 1. The summed E-state index contributed by atoms with van der Waals surface area (Å²) in [6.07, 6.45) is 1.35. The Morgan fingerprint density at radius 1 is 1.44 bits per heavy atom. The van der Waals surface area contributed by atoms with E-state index in [9.17, 15) is 22.9 Å². The van der Waals surface area contributed by atoms with Gasteiger partial charge >= 0.3 is 0 Å². The Balaban J connectivity index is 1.97. The van der Waals surface area contributed by atoms with Crippen molar-refractivity contribution in [2.24, 2.45) is 7.05 Å². The third-order valence-electron chi connectivity index (χ3n) is 4.55. The van der Waals surface area contributed by atoms with Gasteiger partial charge in [0.1, 0.15) is 15.6 Å². The first-order valence-electron chi connectivity index (χ1n) is 8.29. The summed E-state index contributed by atoms with van der Waals surface area (Å²) in [6.45, 7) is 1.54. The molecule has 0 aliphatic carbocycles. The molecule has 1 aromatic heterocycles. The fourth-order valence-corrected chi connectivity index (χ4v) is 4.89. The molecule has 0 bridgehead atoms. The highest BCUT2D eigenvalue weighted by atomic mass is 32.2. The molecule has 0 fully saturated rings. The molecule has 0 radical (unpaired) electrons. The maximum absolute atomic E-state index is 13.4. The van der Waals surface area contributed by atoms with E-state index in [1.165, 1.54) is 16.8 Å². The number of aliphatic hydroxyl groups is 1. The highest BCUT2D eigenvalue weighted by Crippen LogP contribution is 2.29. The number of hydrogen-bond acceptors (Lipinski definition) is 4. The molecule has 10 heteroatoms. The SMILES string of the molecule is CC(O)[C@H]1CCc2c(cn(C)c2C(=O)Nc2ccc(F)c(F)c2)S(=N)(=O)N1. The highest BCUT2D eigenvalue weighted by Gasteiger charge is 2.32. The zero-order valence-corrected chi connectivity index (χ0v) is 15.6. The van der Waals surface area contributed by atoms with Crippen LogP contribution in [0.1, 0.15) is 29.4 Å². The van der Waals surface area contributed by atoms with Gasteiger partial charge in [-0.25, -0.2) is 22.5 Å².